The lowest BCUT2D eigenvalue weighted by Gasteiger charge is -2.32. The van der Waals surface area contributed by atoms with Gasteiger partial charge in [-0.25, -0.2) is 4.21 Å². The Bertz CT molecular complexity index is 1180. The van der Waals surface area contributed by atoms with E-state index in [1.165, 1.54) is 11.0 Å². The smallest absolute Gasteiger partial charge is 0.269 e. The van der Waals surface area contributed by atoms with Gasteiger partial charge in [-0.15, -0.1) is 8.80 Å². The Morgan fingerprint density at radius 2 is 1.83 bits per heavy atom. The maximum absolute atomic E-state index is 13.0. The number of aromatic hydroxyl groups is 1. The fourth-order valence-electron chi connectivity index (χ4n) is 4.28. The number of hydrogen-bond acceptors (Lipinski definition) is 6. The Morgan fingerprint density at radius 3 is 2.51 bits per heavy atom. The standard InChI is InChI=1S/C25H31N5O4S/c1-25(2,3)21(16-9-5-4-6-10-16)27-23-22(28-35(34)29-23)26-19-13-7-12-18(20(19)32)24(33)30-14-8-11-17(31)15-30/h4-7,9-10,12-13,17,21,31-32H,8,11,14-15H2,1-3H3,(H,26,28)(H,27,29)/t17?,21-,35?/m0/s1. The molecular weight excluding hydrogens is 466 g/mol. The molecule has 2 unspecified atom stereocenters. The quantitative estimate of drug-likeness (QED) is 0.481. The molecule has 0 saturated carbocycles. The molecule has 2 aromatic rings. The highest BCUT2D eigenvalue weighted by Crippen LogP contribution is 2.34. The molecule has 2 aliphatic rings. The Balaban J connectivity index is 1.56. The van der Waals surface area contributed by atoms with E-state index in [9.17, 15) is 19.2 Å². The van der Waals surface area contributed by atoms with Crippen molar-refractivity contribution in [1.82, 2.24) is 10.2 Å². The summed E-state index contributed by atoms with van der Waals surface area (Å²) in [4.78, 5) is 14.5. The number of para-hydroxylation sites is 1. The zero-order chi connectivity index (χ0) is 25.2. The van der Waals surface area contributed by atoms with E-state index in [4.69, 9.17) is 0 Å². The minimum absolute atomic E-state index is 0.118. The number of amidine groups is 2. The molecule has 2 aliphatic heterocycles. The summed E-state index contributed by atoms with van der Waals surface area (Å²) >= 11 is -1.82. The number of carbonyl (C=O) groups is 1. The van der Waals surface area contributed by atoms with Gasteiger partial charge in [0.1, 0.15) is 0 Å². The summed E-state index contributed by atoms with van der Waals surface area (Å²) in [6.07, 6.45) is 0.794. The number of hydrogen-bond donors (Lipinski definition) is 4. The number of β-amino-alcohol motifs (C(OH)–C–C–N with tert-alkyl or cyclic N) is 1. The SMILES string of the molecule is CC(C)(C)[C@@H](NC1=NS(=O)N=C1Nc1cccc(C(=O)N2CCCC(O)C2)c1O)c1ccccc1. The normalized spacial score (nSPS) is 21.2. The summed E-state index contributed by atoms with van der Waals surface area (Å²) in [5, 5.41) is 27.2. The van der Waals surface area contributed by atoms with Crippen LogP contribution in [0.25, 0.3) is 0 Å². The molecular formula is C25H31N5O4S. The number of nitrogens with zero attached hydrogens (tertiary/aromatic N) is 3. The van der Waals surface area contributed by atoms with Crippen LogP contribution < -0.4 is 10.6 Å². The minimum atomic E-state index is -1.82. The van der Waals surface area contributed by atoms with Gasteiger partial charge < -0.3 is 25.7 Å². The lowest BCUT2D eigenvalue weighted by atomic mass is 9.82. The van der Waals surface area contributed by atoms with Crippen LogP contribution >= 0.6 is 0 Å². The van der Waals surface area contributed by atoms with Crippen LogP contribution in [0.5, 0.6) is 5.75 Å². The molecule has 10 heteroatoms. The first-order chi connectivity index (χ1) is 16.6. The molecule has 0 radical (unpaired) electrons. The minimum Gasteiger partial charge on any atom is -0.505 e. The average Bonchev–Trinajstić information content (AvgIpc) is 3.17. The Hall–Kier alpha value is -3.24. The number of aliphatic hydroxyl groups excluding tert-OH is 1. The molecule has 1 saturated heterocycles. The number of likely N-dealkylation sites (tertiary alicyclic amines) is 1. The number of nitrogens with one attached hydrogen (secondary N) is 2. The molecule has 3 atom stereocenters. The van der Waals surface area contributed by atoms with Crippen molar-refractivity contribution in [2.45, 2.75) is 45.8 Å². The van der Waals surface area contributed by atoms with Crippen molar-refractivity contribution in [3.8, 4) is 5.75 Å². The number of anilines is 1. The van der Waals surface area contributed by atoms with E-state index >= 15 is 0 Å². The van der Waals surface area contributed by atoms with E-state index in [0.29, 0.717) is 25.2 Å². The molecule has 0 aliphatic carbocycles. The van der Waals surface area contributed by atoms with Gasteiger partial charge in [-0.05, 0) is 36.0 Å². The number of benzene rings is 2. The molecule has 2 heterocycles. The molecule has 4 rings (SSSR count). The number of aliphatic hydroxyl groups is 1. The van der Waals surface area contributed by atoms with Gasteiger partial charge in [0.2, 0.25) is 0 Å². The first-order valence-corrected chi connectivity index (χ1v) is 12.7. The third-order valence-corrected chi connectivity index (χ3v) is 6.72. The van der Waals surface area contributed by atoms with Crippen LogP contribution in [0, 0.1) is 5.41 Å². The second kappa shape index (κ2) is 10.2. The number of rotatable bonds is 4. The van der Waals surface area contributed by atoms with Gasteiger partial charge in [0.25, 0.3) is 17.1 Å². The number of piperidine rings is 1. The first kappa shape index (κ1) is 24.9. The van der Waals surface area contributed by atoms with Crippen LogP contribution in [0.3, 0.4) is 0 Å². The van der Waals surface area contributed by atoms with Gasteiger partial charge in [0.15, 0.2) is 17.4 Å². The molecule has 0 aromatic heterocycles. The van der Waals surface area contributed by atoms with Gasteiger partial charge in [-0.2, -0.15) is 0 Å². The predicted molar refractivity (Wildman–Crippen MR) is 138 cm³/mol. The number of phenolic OH excluding ortho intramolecular Hbond substituents is 1. The Kier molecular flexibility index (Phi) is 7.23. The Labute approximate surface area is 207 Å². The van der Waals surface area contributed by atoms with Crippen molar-refractivity contribution in [1.29, 1.82) is 0 Å². The largest absolute Gasteiger partial charge is 0.505 e. The monoisotopic (exact) mass is 497 g/mol. The third-order valence-electron chi connectivity index (χ3n) is 6.05. The lowest BCUT2D eigenvalue weighted by Crippen LogP contribution is -2.42. The van der Waals surface area contributed by atoms with E-state index < -0.39 is 17.3 Å². The maximum Gasteiger partial charge on any atom is 0.269 e. The molecule has 9 nitrogen and oxygen atoms in total. The van der Waals surface area contributed by atoms with Crippen LogP contribution in [0.15, 0.2) is 57.3 Å². The van der Waals surface area contributed by atoms with Crippen molar-refractivity contribution in [2.75, 3.05) is 18.4 Å². The van der Waals surface area contributed by atoms with Crippen LogP contribution in [0.2, 0.25) is 0 Å². The highest BCUT2D eigenvalue weighted by Gasteiger charge is 2.31. The highest BCUT2D eigenvalue weighted by molar-refractivity contribution is 7.83. The third kappa shape index (κ3) is 5.71. The van der Waals surface area contributed by atoms with Gasteiger partial charge in [0, 0.05) is 13.1 Å². The van der Waals surface area contributed by atoms with Crippen LogP contribution in [-0.2, 0) is 11.2 Å². The topological polar surface area (TPSA) is 127 Å². The summed E-state index contributed by atoms with van der Waals surface area (Å²) in [5.74, 6) is -0.0809. The molecule has 4 N–H and O–H groups in total. The van der Waals surface area contributed by atoms with Crippen LogP contribution in [-0.4, -0.2) is 56.1 Å². The summed E-state index contributed by atoms with van der Waals surface area (Å²) in [6, 6.07) is 14.5. The Morgan fingerprint density at radius 1 is 1.11 bits per heavy atom. The van der Waals surface area contributed by atoms with Gasteiger partial charge in [-0.3, -0.25) is 4.79 Å². The lowest BCUT2D eigenvalue weighted by molar-refractivity contribution is 0.0471. The van der Waals surface area contributed by atoms with Crippen molar-refractivity contribution < 1.29 is 19.2 Å². The molecule has 186 valence electrons. The van der Waals surface area contributed by atoms with E-state index in [2.05, 4.69) is 40.2 Å². The highest BCUT2D eigenvalue weighted by atomic mass is 32.2. The molecule has 1 fully saturated rings. The van der Waals surface area contributed by atoms with Crippen LogP contribution in [0.4, 0.5) is 5.69 Å². The van der Waals surface area contributed by atoms with Crippen molar-refractivity contribution in [2.24, 2.45) is 14.2 Å². The maximum atomic E-state index is 13.0. The summed E-state index contributed by atoms with van der Waals surface area (Å²) < 4.78 is 20.5. The van der Waals surface area contributed by atoms with E-state index in [-0.39, 0.29) is 46.7 Å². The number of phenols is 1. The molecule has 0 bridgehead atoms. The first-order valence-electron chi connectivity index (χ1n) is 11.6. The predicted octanol–water partition coefficient (Wildman–Crippen LogP) is 3.17. The van der Waals surface area contributed by atoms with Gasteiger partial charge in [-0.1, -0.05) is 57.2 Å². The summed E-state index contributed by atoms with van der Waals surface area (Å²) in [5.41, 5.74) is 1.20. The molecule has 2 aromatic carbocycles. The zero-order valence-electron chi connectivity index (χ0n) is 20.1. The van der Waals surface area contributed by atoms with Crippen molar-refractivity contribution in [3.63, 3.8) is 0 Å². The van der Waals surface area contributed by atoms with Crippen molar-refractivity contribution in [3.05, 3.63) is 59.7 Å². The second-order valence-electron chi connectivity index (χ2n) is 9.84. The average molecular weight is 498 g/mol. The number of amides is 1. The molecule has 35 heavy (non-hydrogen) atoms. The van der Waals surface area contributed by atoms with E-state index in [1.807, 2.05) is 30.3 Å². The van der Waals surface area contributed by atoms with Crippen LogP contribution in [0.1, 0.15) is 55.6 Å². The number of carbonyl (C=O) groups excluding carboxylic acids is 1. The van der Waals surface area contributed by atoms with E-state index in [0.717, 1.165) is 5.56 Å². The van der Waals surface area contributed by atoms with Gasteiger partial charge >= 0.3 is 0 Å². The zero-order valence-corrected chi connectivity index (χ0v) is 20.9. The molecule has 0 spiro atoms. The second-order valence-corrected chi connectivity index (χ2v) is 10.7. The fraction of sp³-hybridized carbons (Fsp3) is 0.400. The van der Waals surface area contributed by atoms with Gasteiger partial charge in [0.05, 0.1) is 23.4 Å². The summed E-state index contributed by atoms with van der Waals surface area (Å²) in [6.45, 7) is 7.02. The molecule has 1 amide bonds. The van der Waals surface area contributed by atoms with E-state index in [1.54, 1.807) is 12.1 Å². The van der Waals surface area contributed by atoms with Crippen molar-refractivity contribution >= 4 is 34.4 Å². The summed E-state index contributed by atoms with van der Waals surface area (Å²) in [7, 11) is 0. The fourth-order valence-corrected chi connectivity index (χ4v) is 4.90.